The Morgan fingerprint density at radius 3 is 2.07 bits per heavy atom. The summed E-state index contributed by atoms with van der Waals surface area (Å²) >= 11 is 0. The molecule has 3 rings (SSSR count). The van der Waals surface area contributed by atoms with Crippen LogP contribution in [0.4, 0.5) is 0 Å². The zero-order valence-electron chi connectivity index (χ0n) is 17.1. The highest BCUT2D eigenvalue weighted by molar-refractivity contribution is 14.0. The van der Waals surface area contributed by atoms with Gasteiger partial charge in [-0.2, -0.15) is 5.10 Å². The van der Waals surface area contributed by atoms with Crippen molar-refractivity contribution in [2.45, 2.75) is 18.8 Å². The van der Waals surface area contributed by atoms with Crippen molar-refractivity contribution in [3.05, 3.63) is 89.7 Å². The molecule has 0 saturated carbocycles. The summed E-state index contributed by atoms with van der Waals surface area (Å²) in [6.45, 7) is 1.67. The van der Waals surface area contributed by atoms with Crippen LogP contribution in [0.1, 0.15) is 29.0 Å². The number of hydrogen-bond donors (Lipinski definition) is 2. The lowest BCUT2D eigenvalue weighted by Gasteiger charge is -2.19. The minimum absolute atomic E-state index is 0. The fourth-order valence-corrected chi connectivity index (χ4v) is 3.38. The van der Waals surface area contributed by atoms with Crippen LogP contribution in [0.15, 0.2) is 78.0 Å². The molecule has 2 N–H and O–H groups in total. The van der Waals surface area contributed by atoms with Crippen LogP contribution in [-0.4, -0.2) is 35.9 Å². The summed E-state index contributed by atoms with van der Waals surface area (Å²) in [7, 11) is 3.75. The Bertz CT molecular complexity index is 822. The molecule has 29 heavy (non-hydrogen) atoms. The summed E-state index contributed by atoms with van der Waals surface area (Å²) in [6, 6.07) is 21.4. The van der Waals surface area contributed by atoms with Gasteiger partial charge in [0.05, 0.1) is 6.20 Å². The number of aromatic nitrogens is 2. The van der Waals surface area contributed by atoms with Crippen LogP contribution in [0.25, 0.3) is 0 Å². The largest absolute Gasteiger partial charge is 0.356 e. The van der Waals surface area contributed by atoms with E-state index in [1.165, 1.54) is 16.7 Å². The summed E-state index contributed by atoms with van der Waals surface area (Å²) in [5.74, 6) is 1.20. The highest BCUT2D eigenvalue weighted by atomic mass is 127. The molecule has 1 aromatic heterocycles. The molecule has 0 unspecified atom stereocenters. The Morgan fingerprint density at radius 1 is 0.966 bits per heavy atom. The predicted molar refractivity (Wildman–Crippen MR) is 131 cm³/mol. The van der Waals surface area contributed by atoms with E-state index < -0.39 is 0 Å². The van der Waals surface area contributed by atoms with Crippen LogP contribution in [0.3, 0.4) is 0 Å². The fourth-order valence-electron chi connectivity index (χ4n) is 3.38. The van der Waals surface area contributed by atoms with Gasteiger partial charge in [-0.1, -0.05) is 60.7 Å². The quantitative estimate of drug-likeness (QED) is 0.278. The van der Waals surface area contributed by atoms with Gasteiger partial charge in [-0.15, -0.1) is 24.0 Å². The molecule has 3 aromatic rings. The van der Waals surface area contributed by atoms with Crippen LogP contribution in [0.5, 0.6) is 0 Å². The number of nitrogens with one attached hydrogen (secondary N) is 2. The van der Waals surface area contributed by atoms with Gasteiger partial charge in [0.25, 0.3) is 0 Å². The molecule has 6 heteroatoms. The van der Waals surface area contributed by atoms with Crippen LogP contribution >= 0.6 is 24.0 Å². The van der Waals surface area contributed by atoms with Gasteiger partial charge >= 0.3 is 0 Å². The Labute approximate surface area is 190 Å². The molecule has 0 atom stereocenters. The van der Waals surface area contributed by atoms with Crippen molar-refractivity contribution in [3.63, 3.8) is 0 Å². The Morgan fingerprint density at radius 2 is 1.55 bits per heavy atom. The Hall–Kier alpha value is -2.35. The Kier molecular flexibility index (Phi) is 9.70. The first-order chi connectivity index (χ1) is 13.8. The average molecular weight is 503 g/mol. The molecule has 0 saturated heterocycles. The van der Waals surface area contributed by atoms with Crippen molar-refractivity contribution in [2.75, 3.05) is 20.1 Å². The van der Waals surface area contributed by atoms with Crippen molar-refractivity contribution in [3.8, 4) is 0 Å². The lowest BCUT2D eigenvalue weighted by atomic mass is 9.88. The molecule has 154 valence electrons. The van der Waals surface area contributed by atoms with Crippen LogP contribution in [0.2, 0.25) is 0 Å². The summed E-state index contributed by atoms with van der Waals surface area (Å²) < 4.78 is 1.83. The normalized spacial score (nSPS) is 11.2. The molecule has 0 aliphatic rings. The molecule has 0 spiro atoms. The van der Waals surface area contributed by atoms with E-state index in [0.29, 0.717) is 5.92 Å². The van der Waals surface area contributed by atoms with Crippen molar-refractivity contribution in [1.82, 2.24) is 20.4 Å². The Balaban J connectivity index is 0.00000300. The van der Waals surface area contributed by atoms with Crippen molar-refractivity contribution >= 4 is 29.9 Å². The number of aliphatic imine (C=N–C) groups is 1. The van der Waals surface area contributed by atoms with Gasteiger partial charge in [-0.3, -0.25) is 9.67 Å². The number of hydrogen-bond acceptors (Lipinski definition) is 2. The van der Waals surface area contributed by atoms with E-state index in [9.17, 15) is 0 Å². The van der Waals surface area contributed by atoms with E-state index in [1.807, 2.05) is 31.2 Å². The molecular weight excluding hydrogens is 473 g/mol. The maximum atomic E-state index is 4.34. The number of guanidine groups is 1. The second-order valence-electron chi connectivity index (χ2n) is 6.86. The standard InChI is InChI=1S/C23H29N5.HI/c1-24-23(25-15-13-19-17-27-28(2)18-19)26-16-14-22(20-9-5-3-6-10-20)21-11-7-4-8-12-21;/h3-12,17-18,22H,13-16H2,1-2H3,(H2,24,25,26);1H. The molecule has 2 aromatic carbocycles. The topological polar surface area (TPSA) is 54.2 Å². The number of benzene rings is 2. The zero-order valence-corrected chi connectivity index (χ0v) is 19.4. The first kappa shape index (κ1) is 22.9. The monoisotopic (exact) mass is 503 g/mol. The van der Waals surface area contributed by atoms with Gasteiger partial charge in [0.2, 0.25) is 0 Å². The fraction of sp³-hybridized carbons (Fsp3) is 0.304. The number of rotatable bonds is 8. The zero-order chi connectivity index (χ0) is 19.6. The highest BCUT2D eigenvalue weighted by Gasteiger charge is 2.13. The van der Waals surface area contributed by atoms with Gasteiger partial charge in [0.1, 0.15) is 0 Å². The van der Waals surface area contributed by atoms with Gasteiger partial charge in [-0.25, -0.2) is 0 Å². The van der Waals surface area contributed by atoms with Crippen molar-refractivity contribution in [2.24, 2.45) is 12.0 Å². The lowest BCUT2D eigenvalue weighted by molar-refractivity contribution is 0.678. The van der Waals surface area contributed by atoms with Gasteiger partial charge < -0.3 is 10.6 Å². The SMILES string of the molecule is CN=C(NCCc1cnn(C)c1)NCCC(c1ccccc1)c1ccccc1.I. The number of aryl methyl sites for hydroxylation is 1. The van der Waals surface area contributed by atoms with Gasteiger partial charge in [0, 0.05) is 39.3 Å². The molecular formula is C23H30IN5. The third-order valence-corrected chi connectivity index (χ3v) is 4.82. The second-order valence-corrected chi connectivity index (χ2v) is 6.86. The molecule has 0 radical (unpaired) electrons. The number of nitrogens with zero attached hydrogens (tertiary/aromatic N) is 3. The third kappa shape index (κ3) is 7.20. The number of halogens is 1. The van der Waals surface area contributed by atoms with Crippen LogP contribution < -0.4 is 10.6 Å². The van der Waals surface area contributed by atoms with Crippen molar-refractivity contribution < 1.29 is 0 Å². The predicted octanol–water partition coefficient (Wildman–Crippen LogP) is 3.97. The molecule has 1 heterocycles. The van der Waals surface area contributed by atoms with Gasteiger partial charge in [-0.05, 0) is 29.5 Å². The minimum Gasteiger partial charge on any atom is -0.356 e. The molecule has 0 fully saturated rings. The highest BCUT2D eigenvalue weighted by Crippen LogP contribution is 2.27. The molecule has 5 nitrogen and oxygen atoms in total. The van der Waals surface area contributed by atoms with E-state index in [1.54, 1.807) is 0 Å². The van der Waals surface area contributed by atoms with E-state index in [0.717, 1.165) is 31.9 Å². The molecule has 0 aliphatic carbocycles. The van der Waals surface area contributed by atoms with E-state index in [4.69, 9.17) is 0 Å². The average Bonchev–Trinajstić information content (AvgIpc) is 3.16. The first-order valence-corrected chi connectivity index (χ1v) is 9.78. The first-order valence-electron chi connectivity index (χ1n) is 9.78. The minimum atomic E-state index is 0. The van der Waals surface area contributed by atoms with E-state index >= 15 is 0 Å². The summed E-state index contributed by atoms with van der Waals surface area (Å²) in [6.07, 6.45) is 5.87. The maximum absolute atomic E-state index is 4.34. The third-order valence-electron chi connectivity index (χ3n) is 4.82. The molecule has 0 bridgehead atoms. The summed E-state index contributed by atoms with van der Waals surface area (Å²) in [5, 5.41) is 11.0. The van der Waals surface area contributed by atoms with Crippen LogP contribution in [0, 0.1) is 0 Å². The van der Waals surface area contributed by atoms with Gasteiger partial charge in [0.15, 0.2) is 5.96 Å². The smallest absolute Gasteiger partial charge is 0.190 e. The second kappa shape index (κ2) is 12.3. The maximum Gasteiger partial charge on any atom is 0.190 e. The van der Waals surface area contributed by atoms with Crippen LogP contribution in [-0.2, 0) is 13.5 Å². The summed E-state index contributed by atoms with van der Waals surface area (Å²) in [5.41, 5.74) is 3.91. The molecule has 0 amide bonds. The molecule has 0 aliphatic heterocycles. The van der Waals surface area contributed by atoms with E-state index in [2.05, 4.69) is 81.4 Å². The van der Waals surface area contributed by atoms with E-state index in [-0.39, 0.29) is 24.0 Å². The summed E-state index contributed by atoms with van der Waals surface area (Å²) in [4.78, 5) is 4.34. The lowest BCUT2D eigenvalue weighted by Crippen LogP contribution is -2.39. The van der Waals surface area contributed by atoms with Crippen molar-refractivity contribution in [1.29, 1.82) is 0 Å².